The van der Waals surface area contributed by atoms with Crippen LogP contribution in [0.3, 0.4) is 0 Å². The molecular weight excluding hydrogens is 330 g/mol. The van der Waals surface area contributed by atoms with Crippen LogP contribution >= 0.6 is 0 Å². The van der Waals surface area contributed by atoms with Gasteiger partial charge >= 0.3 is 0 Å². The van der Waals surface area contributed by atoms with Crippen molar-refractivity contribution in [3.8, 4) is 11.4 Å². The van der Waals surface area contributed by atoms with Crippen molar-refractivity contribution in [1.29, 1.82) is 0 Å². The lowest BCUT2D eigenvalue weighted by Crippen LogP contribution is -2.48. The molecule has 25 heavy (non-hydrogen) atoms. The molecule has 2 aromatic heterocycles. The molecule has 1 aromatic carbocycles. The van der Waals surface area contributed by atoms with Crippen LogP contribution in [0.1, 0.15) is 22.2 Å². The van der Waals surface area contributed by atoms with Gasteiger partial charge in [0.05, 0.1) is 5.92 Å². The Balaban J connectivity index is 1.43. The summed E-state index contributed by atoms with van der Waals surface area (Å²) in [5, 5.41) is 3.92. The van der Waals surface area contributed by atoms with Gasteiger partial charge in [0.2, 0.25) is 11.7 Å². The van der Waals surface area contributed by atoms with Crippen molar-refractivity contribution in [3.63, 3.8) is 0 Å². The summed E-state index contributed by atoms with van der Waals surface area (Å²) < 4.78 is 31.5. The molecule has 1 aliphatic heterocycles. The first-order chi connectivity index (χ1) is 12.1. The van der Waals surface area contributed by atoms with Gasteiger partial charge < -0.3 is 9.42 Å². The SMILES string of the molecule is O=C(c1ccc(F)c(F)c1)N1CC(c2nc(-c3cccnc3)no2)C1. The fraction of sp³-hybridized carbons (Fsp3) is 0.176. The van der Waals surface area contributed by atoms with Crippen LogP contribution in [0.5, 0.6) is 0 Å². The monoisotopic (exact) mass is 342 g/mol. The third-order valence-electron chi connectivity index (χ3n) is 4.05. The molecule has 0 bridgehead atoms. The quantitative estimate of drug-likeness (QED) is 0.732. The molecule has 4 rings (SSSR count). The smallest absolute Gasteiger partial charge is 0.254 e. The summed E-state index contributed by atoms with van der Waals surface area (Å²) in [7, 11) is 0. The highest BCUT2D eigenvalue weighted by Crippen LogP contribution is 2.28. The summed E-state index contributed by atoms with van der Waals surface area (Å²) in [6, 6.07) is 6.70. The van der Waals surface area contributed by atoms with Crippen molar-refractivity contribution in [2.24, 2.45) is 0 Å². The summed E-state index contributed by atoms with van der Waals surface area (Å²) in [4.78, 5) is 22.1. The van der Waals surface area contributed by atoms with E-state index < -0.39 is 11.6 Å². The molecule has 1 amide bonds. The Bertz CT molecular complexity index is 923. The van der Waals surface area contributed by atoms with Gasteiger partial charge in [0.1, 0.15) is 0 Å². The Morgan fingerprint density at radius 3 is 2.76 bits per heavy atom. The zero-order chi connectivity index (χ0) is 17.4. The first-order valence-corrected chi connectivity index (χ1v) is 7.60. The fourth-order valence-electron chi connectivity index (χ4n) is 2.63. The third-order valence-corrected chi connectivity index (χ3v) is 4.05. The van der Waals surface area contributed by atoms with E-state index in [2.05, 4.69) is 15.1 Å². The van der Waals surface area contributed by atoms with Crippen molar-refractivity contribution < 1.29 is 18.1 Å². The molecule has 0 spiro atoms. The number of amides is 1. The van der Waals surface area contributed by atoms with Gasteiger partial charge in [0.15, 0.2) is 11.6 Å². The maximum Gasteiger partial charge on any atom is 0.254 e. The average Bonchev–Trinajstić information content (AvgIpc) is 3.06. The van der Waals surface area contributed by atoms with Crippen LogP contribution in [0.25, 0.3) is 11.4 Å². The maximum atomic E-state index is 13.2. The maximum absolute atomic E-state index is 13.2. The summed E-state index contributed by atoms with van der Waals surface area (Å²) in [5.74, 6) is -1.58. The van der Waals surface area contributed by atoms with Crippen molar-refractivity contribution in [2.75, 3.05) is 13.1 Å². The minimum Gasteiger partial charge on any atom is -0.339 e. The molecule has 0 atom stereocenters. The number of hydrogen-bond donors (Lipinski definition) is 0. The Morgan fingerprint density at radius 2 is 2.04 bits per heavy atom. The highest BCUT2D eigenvalue weighted by atomic mass is 19.2. The molecule has 0 unspecified atom stereocenters. The largest absolute Gasteiger partial charge is 0.339 e. The molecule has 0 N–H and O–H groups in total. The summed E-state index contributed by atoms with van der Waals surface area (Å²) in [5.41, 5.74) is 0.852. The number of benzene rings is 1. The fourth-order valence-corrected chi connectivity index (χ4v) is 2.63. The van der Waals surface area contributed by atoms with Crippen LogP contribution < -0.4 is 0 Å². The number of nitrogens with zero attached hydrogens (tertiary/aromatic N) is 4. The predicted octanol–water partition coefficient (Wildman–Crippen LogP) is 2.65. The average molecular weight is 342 g/mol. The number of halogens is 2. The molecule has 3 heterocycles. The molecule has 6 nitrogen and oxygen atoms in total. The molecule has 3 aromatic rings. The van der Waals surface area contributed by atoms with Gasteiger partial charge in [-0.15, -0.1) is 0 Å². The van der Waals surface area contributed by atoms with E-state index in [-0.39, 0.29) is 17.4 Å². The second kappa shape index (κ2) is 6.04. The normalized spacial score (nSPS) is 14.4. The van der Waals surface area contributed by atoms with Crippen LogP contribution in [0.4, 0.5) is 8.78 Å². The Morgan fingerprint density at radius 1 is 1.20 bits per heavy atom. The second-order valence-corrected chi connectivity index (χ2v) is 5.73. The first kappa shape index (κ1) is 15.4. The Hall–Kier alpha value is -3.16. The number of hydrogen-bond acceptors (Lipinski definition) is 5. The standard InChI is InChI=1S/C17H12F2N4O2/c18-13-4-3-10(6-14(13)19)17(24)23-8-12(9-23)16-21-15(22-25-16)11-2-1-5-20-7-11/h1-7,12H,8-9H2. The third kappa shape index (κ3) is 2.86. The molecular formula is C17H12F2N4O2. The van der Waals surface area contributed by atoms with E-state index in [4.69, 9.17) is 4.52 Å². The zero-order valence-corrected chi connectivity index (χ0v) is 12.9. The number of rotatable bonds is 3. The number of pyridine rings is 1. The van der Waals surface area contributed by atoms with Crippen LogP contribution in [0.15, 0.2) is 47.2 Å². The zero-order valence-electron chi connectivity index (χ0n) is 12.9. The van der Waals surface area contributed by atoms with Crippen molar-refractivity contribution in [1.82, 2.24) is 20.0 Å². The van der Waals surface area contributed by atoms with Crippen molar-refractivity contribution in [3.05, 3.63) is 65.8 Å². The number of carbonyl (C=O) groups excluding carboxylic acids is 1. The van der Waals surface area contributed by atoms with Crippen molar-refractivity contribution in [2.45, 2.75) is 5.92 Å². The lowest BCUT2D eigenvalue weighted by molar-refractivity contribution is 0.0568. The van der Waals surface area contributed by atoms with E-state index in [1.54, 1.807) is 18.5 Å². The molecule has 1 aliphatic rings. The van der Waals surface area contributed by atoms with E-state index in [1.165, 1.54) is 11.0 Å². The van der Waals surface area contributed by atoms with Gasteiger partial charge in [-0.3, -0.25) is 9.78 Å². The van der Waals surface area contributed by atoms with Gasteiger partial charge in [0.25, 0.3) is 5.91 Å². The van der Waals surface area contributed by atoms with Gasteiger partial charge in [0, 0.05) is 36.6 Å². The summed E-state index contributed by atoms with van der Waals surface area (Å²) in [6.45, 7) is 0.763. The highest BCUT2D eigenvalue weighted by Gasteiger charge is 2.36. The van der Waals surface area contributed by atoms with Crippen molar-refractivity contribution >= 4 is 5.91 Å². The van der Waals surface area contributed by atoms with E-state index in [0.29, 0.717) is 24.8 Å². The van der Waals surface area contributed by atoms with Gasteiger partial charge in [-0.1, -0.05) is 5.16 Å². The molecule has 1 saturated heterocycles. The molecule has 0 saturated carbocycles. The molecule has 0 aliphatic carbocycles. The van der Waals surface area contributed by atoms with Crippen LogP contribution in [-0.2, 0) is 0 Å². The van der Waals surface area contributed by atoms with Gasteiger partial charge in [-0.05, 0) is 30.3 Å². The lowest BCUT2D eigenvalue weighted by Gasteiger charge is -2.37. The van der Waals surface area contributed by atoms with E-state index in [0.717, 1.165) is 17.7 Å². The van der Waals surface area contributed by atoms with Crippen LogP contribution in [0, 0.1) is 11.6 Å². The number of carbonyl (C=O) groups is 1. The minimum absolute atomic E-state index is 0.0767. The van der Waals surface area contributed by atoms with Gasteiger partial charge in [-0.25, -0.2) is 8.78 Å². The van der Waals surface area contributed by atoms with Gasteiger partial charge in [-0.2, -0.15) is 4.98 Å². The van der Waals surface area contributed by atoms with E-state index in [1.807, 2.05) is 6.07 Å². The highest BCUT2D eigenvalue weighted by molar-refractivity contribution is 5.94. The topological polar surface area (TPSA) is 72.1 Å². The Kier molecular flexibility index (Phi) is 3.72. The molecule has 126 valence electrons. The molecule has 1 fully saturated rings. The molecule has 0 radical (unpaired) electrons. The van der Waals surface area contributed by atoms with Crippen LogP contribution in [-0.4, -0.2) is 39.0 Å². The van der Waals surface area contributed by atoms with E-state index >= 15 is 0 Å². The minimum atomic E-state index is -1.04. The molecule has 8 heteroatoms. The second-order valence-electron chi connectivity index (χ2n) is 5.73. The summed E-state index contributed by atoms with van der Waals surface area (Å²) >= 11 is 0. The first-order valence-electron chi connectivity index (χ1n) is 7.60. The number of likely N-dealkylation sites (tertiary alicyclic amines) is 1. The number of aromatic nitrogens is 3. The Labute approximate surface area is 141 Å². The lowest BCUT2D eigenvalue weighted by atomic mass is 9.98. The summed E-state index contributed by atoms with van der Waals surface area (Å²) in [6.07, 6.45) is 3.28. The predicted molar refractivity (Wildman–Crippen MR) is 82.5 cm³/mol. The van der Waals surface area contributed by atoms with Crippen LogP contribution in [0.2, 0.25) is 0 Å². The van der Waals surface area contributed by atoms with E-state index in [9.17, 15) is 13.6 Å².